The predicted molar refractivity (Wildman–Crippen MR) is 101 cm³/mol. The summed E-state index contributed by atoms with van der Waals surface area (Å²) in [6.45, 7) is 2.26. The summed E-state index contributed by atoms with van der Waals surface area (Å²) in [7, 11) is 0. The molecule has 4 heteroatoms. The van der Waals surface area contributed by atoms with Crippen LogP contribution in [0, 0.1) is 5.92 Å². The molecular weight excluding hydrogens is 300 g/mol. The monoisotopic (exact) mass is 338 g/mol. The minimum atomic E-state index is -0.556. The van der Waals surface area contributed by atoms with Gasteiger partial charge in [-0.15, -0.1) is 0 Å². The molecule has 0 spiro atoms. The van der Waals surface area contributed by atoms with Gasteiger partial charge in [-0.3, -0.25) is 9.59 Å². The second-order valence-corrected chi connectivity index (χ2v) is 6.79. The largest absolute Gasteiger partial charge is 0.370 e. The van der Waals surface area contributed by atoms with E-state index in [0.29, 0.717) is 0 Å². The van der Waals surface area contributed by atoms with E-state index in [1.807, 2.05) is 6.08 Å². The van der Waals surface area contributed by atoms with E-state index in [2.05, 4.69) is 6.92 Å². The molecule has 24 heavy (non-hydrogen) atoms. The van der Waals surface area contributed by atoms with Crippen molar-refractivity contribution in [1.82, 2.24) is 0 Å². The number of allylic oxidation sites excluding steroid dienone is 1. The number of rotatable bonds is 17. The van der Waals surface area contributed by atoms with Gasteiger partial charge >= 0.3 is 0 Å². The molecule has 0 bridgehead atoms. The van der Waals surface area contributed by atoms with E-state index in [1.165, 1.54) is 70.6 Å². The first-order valence-corrected chi connectivity index (χ1v) is 9.82. The van der Waals surface area contributed by atoms with E-state index in [-0.39, 0.29) is 6.42 Å². The van der Waals surface area contributed by atoms with E-state index in [1.54, 1.807) is 6.08 Å². The number of carbonyl (C=O) groups is 2. The van der Waals surface area contributed by atoms with Crippen LogP contribution in [-0.2, 0) is 9.59 Å². The Kier molecular flexibility index (Phi) is 15.6. The van der Waals surface area contributed by atoms with Crippen molar-refractivity contribution in [3.8, 4) is 0 Å². The van der Waals surface area contributed by atoms with E-state index in [4.69, 9.17) is 11.5 Å². The van der Waals surface area contributed by atoms with Crippen molar-refractivity contribution in [2.45, 2.75) is 96.8 Å². The Morgan fingerprint density at radius 3 is 1.67 bits per heavy atom. The van der Waals surface area contributed by atoms with Crippen LogP contribution in [-0.4, -0.2) is 11.8 Å². The molecule has 0 fully saturated rings. The highest BCUT2D eigenvalue weighted by molar-refractivity contribution is 5.85. The van der Waals surface area contributed by atoms with Gasteiger partial charge in [0, 0.05) is 6.42 Å². The Morgan fingerprint density at radius 2 is 1.25 bits per heavy atom. The number of nitrogens with two attached hydrogens (primary N) is 2. The Balaban J connectivity index is 3.42. The van der Waals surface area contributed by atoms with Crippen molar-refractivity contribution in [1.29, 1.82) is 0 Å². The summed E-state index contributed by atoms with van der Waals surface area (Å²) in [6.07, 6.45) is 20.6. The highest BCUT2D eigenvalue weighted by atomic mass is 16.2. The number of amides is 2. The molecule has 0 saturated heterocycles. The molecule has 2 amide bonds. The van der Waals surface area contributed by atoms with Crippen LogP contribution in [0.15, 0.2) is 12.2 Å². The third-order valence-corrected chi connectivity index (χ3v) is 4.38. The highest BCUT2D eigenvalue weighted by Crippen LogP contribution is 2.13. The fraction of sp³-hybridized carbons (Fsp3) is 0.800. The van der Waals surface area contributed by atoms with Crippen LogP contribution in [0.5, 0.6) is 0 Å². The average molecular weight is 339 g/mol. The third-order valence-electron chi connectivity index (χ3n) is 4.38. The van der Waals surface area contributed by atoms with Gasteiger partial charge in [0.2, 0.25) is 11.8 Å². The van der Waals surface area contributed by atoms with Crippen LogP contribution in [0.3, 0.4) is 0 Å². The van der Waals surface area contributed by atoms with Gasteiger partial charge in [-0.05, 0) is 12.8 Å². The van der Waals surface area contributed by atoms with Crippen molar-refractivity contribution in [3.05, 3.63) is 12.2 Å². The quantitative estimate of drug-likeness (QED) is 0.300. The van der Waals surface area contributed by atoms with Crippen molar-refractivity contribution in [3.63, 3.8) is 0 Å². The Labute approximate surface area is 148 Å². The van der Waals surface area contributed by atoms with Gasteiger partial charge in [0.05, 0.1) is 5.92 Å². The standard InChI is InChI=1S/C20H38N2O2/c1-2-3-4-5-6-7-8-9-10-11-12-13-14-15-16-18(20(22)24)17-19(21)23/h15-16,18H,2-14,17H2,1H3,(H2,21,23)(H2,22,24). The van der Waals surface area contributed by atoms with Crippen LogP contribution in [0.1, 0.15) is 96.8 Å². The topological polar surface area (TPSA) is 86.2 Å². The molecule has 0 aromatic heterocycles. The zero-order valence-corrected chi connectivity index (χ0v) is 15.6. The average Bonchev–Trinajstić information content (AvgIpc) is 2.53. The normalized spacial score (nSPS) is 12.5. The van der Waals surface area contributed by atoms with Gasteiger partial charge in [-0.25, -0.2) is 0 Å². The molecule has 0 heterocycles. The Hall–Kier alpha value is -1.32. The van der Waals surface area contributed by atoms with Crippen LogP contribution < -0.4 is 11.5 Å². The Morgan fingerprint density at radius 1 is 0.792 bits per heavy atom. The predicted octanol–water partition coefficient (Wildman–Crippen LogP) is 4.61. The molecule has 4 N–H and O–H groups in total. The van der Waals surface area contributed by atoms with Crippen LogP contribution in [0.4, 0.5) is 0 Å². The lowest BCUT2D eigenvalue weighted by atomic mass is 10.0. The van der Waals surface area contributed by atoms with Gasteiger partial charge < -0.3 is 11.5 Å². The molecule has 1 atom stereocenters. The second-order valence-electron chi connectivity index (χ2n) is 6.79. The smallest absolute Gasteiger partial charge is 0.224 e. The van der Waals surface area contributed by atoms with Crippen LogP contribution >= 0.6 is 0 Å². The van der Waals surface area contributed by atoms with Crippen molar-refractivity contribution in [2.75, 3.05) is 0 Å². The third kappa shape index (κ3) is 15.6. The highest BCUT2D eigenvalue weighted by Gasteiger charge is 2.13. The van der Waals surface area contributed by atoms with Crippen molar-refractivity contribution >= 4 is 11.8 Å². The molecule has 0 aliphatic heterocycles. The maximum Gasteiger partial charge on any atom is 0.224 e. The molecule has 0 rings (SSSR count). The number of primary amides is 2. The lowest BCUT2D eigenvalue weighted by molar-refractivity contribution is -0.125. The molecule has 140 valence electrons. The zero-order valence-electron chi connectivity index (χ0n) is 15.6. The fourth-order valence-corrected chi connectivity index (χ4v) is 2.84. The molecule has 0 radical (unpaired) electrons. The van der Waals surface area contributed by atoms with Crippen LogP contribution in [0.25, 0.3) is 0 Å². The number of hydrogen-bond acceptors (Lipinski definition) is 2. The SMILES string of the molecule is CCCCCCCCCCCCCCC=CC(CC(N)=O)C(N)=O. The number of carbonyl (C=O) groups excluding carboxylic acids is 2. The van der Waals surface area contributed by atoms with E-state index in [9.17, 15) is 9.59 Å². The molecular formula is C20H38N2O2. The molecule has 0 aromatic rings. The van der Waals surface area contributed by atoms with Crippen molar-refractivity contribution in [2.24, 2.45) is 17.4 Å². The van der Waals surface area contributed by atoms with Gasteiger partial charge in [0.15, 0.2) is 0 Å². The molecule has 0 aliphatic carbocycles. The maximum absolute atomic E-state index is 11.2. The molecule has 4 nitrogen and oxygen atoms in total. The minimum absolute atomic E-state index is 0.00424. The summed E-state index contributed by atoms with van der Waals surface area (Å²) in [4.78, 5) is 22.0. The van der Waals surface area contributed by atoms with Crippen LogP contribution in [0.2, 0.25) is 0 Å². The fourth-order valence-electron chi connectivity index (χ4n) is 2.84. The molecule has 0 aromatic carbocycles. The van der Waals surface area contributed by atoms with Gasteiger partial charge in [-0.2, -0.15) is 0 Å². The summed E-state index contributed by atoms with van der Waals surface area (Å²) >= 11 is 0. The molecule has 0 aliphatic rings. The minimum Gasteiger partial charge on any atom is -0.370 e. The summed E-state index contributed by atoms with van der Waals surface area (Å²) in [5, 5.41) is 0. The van der Waals surface area contributed by atoms with Gasteiger partial charge in [-0.1, -0.05) is 89.7 Å². The first kappa shape index (κ1) is 22.7. The maximum atomic E-state index is 11.2. The van der Waals surface area contributed by atoms with Gasteiger partial charge in [0.1, 0.15) is 0 Å². The lowest BCUT2D eigenvalue weighted by Gasteiger charge is -2.05. The van der Waals surface area contributed by atoms with E-state index < -0.39 is 17.7 Å². The lowest BCUT2D eigenvalue weighted by Crippen LogP contribution is -2.26. The van der Waals surface area contributed by atoms with E-state index in [0.717, 1.165) is 12.8 Å². The first-order chi connectivity index (χ1) is 11.6. The van der Waals surface area contributed by atoms with Crippen molar-refractivity contribution < 1.29 is 9.59 Å². The molecule has 0 saturated carbocycles. The number of hydrogen-bond donors (Lipinski definition) is 2. The first-order valence-electron chi connectivity index (χ1n) is 9.82. The van der Waals surface area contributed by atoms with Gasteiger partial charge in [0.25, 0.3) is 0 Å². The molecule has 1 unspecified atom stereocenters. The van der Waals surface area contributed by atoms with E-state index >= 15 is 0 Å². The second kappa shape index (κ2) is 16.5. The number of unbranched alkanes of at least 4 members (excludes halogenated alkanes) is 12. The summed E-state index contributed by atoms with van der Waals surface area (Å²) < 4.78 is 0. The Bertz CT molecular complexity index is 354. The summed E-state index contributed by atoms with van der Waals surface area (Å²) in [6, 6.07) is 0. The summed E-state index contributed by atoms with van der Waals surface area (Å²) in [5.41, 5.74) is 10.3. The summed E-state index contributed by atoms with van der Waals surface area (Å²) in [5.74, 6) is -1.53. The zero-order chi connectivity index (χ0) is 18.0.